The molecule has 0 aromatic heterocycles. The molecule has 0 radical (unpaired) electrons. The van der Waals surface area contributed by atoms with Crippen molar-refractivity contribution in [3.63, 3.8) is 0 Å². The van der Waals surface area contributed by atoms with Crippen LogP contribution < -0.4 is 5.73 Å². The first-order chi connectivity index (χ1) is 9.06. The second kappa shape index (κ2) is 6.53. The molecule has 1 aliphatic carbocycles. The fraction of sp³-hybridized carbons (Fsp3) is 0.533. The number of carbonyl (C=O) groups is 1. The molecule has 0 bridgehead atoms. The highest BCUT2D eigenvalue weighted by Gasteiger charge is 2.30. The maximum Gasteiger partial charge on any atom is 0.223 e. The summed E-state index contributed by atoms with van der Waals surface area (Å²) in [6.07, 6.45) is 3.75. The second-order valence-corrected chi connectivity index (χ2v) is 6.31. The van der Waals surface area contributed by atoms with Crippen molar-refractivity contribution >= 4 is 21.8 Å². The summed E-state index contributed by atoms with van der Waals surface area (Å²) in [6, 6.07) is 8.28. The molecule has 1 aromatic rings. The van der Waals surface area contributed by atoms with Gasteiger partial charge in [-0.2, -0.15) is 0 Å². The third kappa shape index (κ3) is 4.62. The van der Waals surface area contributed by atoms with E-state index in [4.69, 9.17) is 5.73 Å². The average molecular weight is 325 g/mol. The quantitative estimate of drug-likeness (QED) is 0.874. The van der Waals surface area contributed by atoms with Crippen molar-refractivity contribution < 1.29 is 4.79 Å². The number of nitrogens with two attached hydrogens (primary N) is 1. The van der Waals surface area contributed by atoms with Crippen LogP contribution in [0.15, 0.2) is 28.7 Å². The predicted octanol–water partition coefficient (Wildman–Crippen LogP) is 2.58. The van der Waals surface area contributed by atoms with Gasteiger partial charge in [-0.15, -0.1) is 0 Å². The average Bonchev–Trinajstić information content (AvgIpc) is 3.21. The number of rotatable bonds is 6. The Morgan fingerprint density at radius 2 is 2.05 bits per heavy atom. The van der Waals surface area contributed by atoms with E-state index in [1.54, 1.807) is 4.90 Å². The molecule has 2 rings (SSSR count). The van der Waals surface area contributed by atoms with Crippen molar-refractivity contribution in [2.75, 3.05) is 13.6 Å². The minimum absolute atomic E-state index is 0.0580. The summed E-state index contributed by atoms with van der Waals surface area (Å²) in [5, 5.41) is 0. The van der Waals surface area contributed by atoms with Gasteiger partial charge in [0.05, 0.1) is 0 Å². The van der Waals surface area contributed by atoms with Gasteiger partial charge in [0.1, 0.15) is 0 Å². The Balaban J connectivity index is 1.75. The van der Waals surface area contributed by atoms with Crippen LogP contribution in [0, 0.1) is 5.92 Å². The summed E-state index contributed by atoms with van der Waals surface area (Å²) >= 11 is 3.42. The van der Waals surface area contributed by atoms with E-state index in [9.17, 15) is 4.79 Å². The Kier molecular flexibility index (Phi) is 4.99. The third-order valence-corrected chi connectivity index (χ3v) is 4.24. The van der Waals surface area contributed by atoms with E-state index in [-0.39, 0.29) is 11.9 Å². The molecule has 1 atom stereocenters. The number of carbonyl (C=O) groups excluding carboxylic acids is 1. The lowest BCUT2D eigenvalue weighted by Crippen LogP contribution is -2.35. The largest absolute Gasteiger partial charge is 0.345 e. The summed E-state index contributed by atoms with van der Waals surface area (Å²) in [5.74, 6) is 0.750. The highest BCUT2D eigenvalue weighted by molar-refractivity contribution is 9.10. The molecule has 0 spiro atoms. The van der Waals surface area contributed by atoms with Gasteiger partial charge in [-0.05, 0) is 42.9 Å². The lowest BCUT2D eigenvalue weighted by molar-refractivity contribution is -0.130. The minimum atomic E-state index is 0.0580. The molecule has 1 aromatic carbocycles. The third-order valence-electron chi connectivity index (χ3n) is 3.71. The van der Waals surface area contributed by atoms with Gasteiger partial charge in [-0.25, -0.2) is 0 Å². The van der Waals surface area contributed by atoms with E-state index in [0.29, 0.717) is 12.3 Å². The molecule has 4 heteroatoms. The molecule has 0 saturated heterocycles. The number of halogens is 1. The van der Waals surface area contributed by atoms with E-state index < -0.39 is 0 Å². The summed E-state index contributed by atoms with van der Waals surface area (Å²) in [4.78, 5) is 13.8. The van der Waals surface area contributed by atoms with Crippen LogP contribution in [0.25, 0.3) is 0 Å². The number of hydrogen-bond acceptors (Lipinski definition) is 2. The van der Waals surface area contributed by atoms with Gasteiger partial charge < -0.3 is 10.6 Å². The van der Waals surface area contributed by atoms with E-state index in [1.165, 1.54) is 18.4 Å². The summed E-state index contributed by atoms with van der Waals surface area (Å²) in [6.45, 7) is 0.748. The Morgan fingerprint density at radius 1 is 1.42 bits per heavy atom. The fourth-order valence-electron chi connectivity index (χ4n) is 2.12. The lowest BCUT2D eigenvalue weighted by Gasteiger charge is -2.19. The summed E-state index contributed by atoms with van der Waals surface area (Å²) in [7, 11) is 1.86. The molecule has 1 aliphatic rings. The van der Waals surface area contributed by atoms with E-state index >= 15 is 0 Å². The maximum absolute atomic E-state index is 12.0. The predicted molar refractivity (Wildman–Crippen MR) is 80.8 cm³/mol. The highest BCUT2D eigenvalue weighted by Crippen LogP contribution is 2.32. The number of benzene rings is 1. The molecular formula is C15H21BrN2O. The molecule has 3 nitrogen and oxygen atoms in total. The van der Waals surface area contributed by atoms with Gasteiger partial charge in [-0.1, -0.05) is 28.1 Å². The van der Waals surface area contributed by atoms with Crippen molar-refractivity contribution in [1.29, 1.82) is 0 Å². The highest BCUT2D eigenvalue weighted by atomic mass is 79.9. The topological polar surface area (TPSA) is 46.3 Å². The van der Waals surface area contributed by atoms with Crippen molar-refractivity contribution in [2.45, 2.75) is 31.7 Å². The fourth-order valence-corrected chi connectivity index (χ4v) is 2.39. The molecule has 2 N–H and O–H groups in total. The van der Waals surface area contributed by atoms with Gasteiger partial charge in [0.25, 0.3) is 0 Å². The zero-order valence-electron chi connectivity index (χ0n) is 11.3. The summed E-state index contributed by atoms with van der Waals surface area (Å²) in [5.41, 5.74) is 7.23. The number of nitrogens with zero attached hydrogens (tertiary/aromatic N) is 1. The molecule has 1 fully saturated rings. The molecule has 0 heterocycles. The molecule has 1 amide bonds. The SMILES string of the molecule is CN(CCc1ccc(Br)cc1)C(=O)C[C@H](N)C1CC1. The Labute approximate surface area is 123 Å². The van der Waals surface area contributed by atoms with Gasteiger partial charge in [0.15, 0.2) is 0 Å². The lowest BCUT2D eigenvalue weighted by atomic mass is 10.1. The number of amides is 1. The number of hydrogen-bond donors (Lipinski definition) is 1. The van der Waals surface area contributed by atoms with Crippen molar-refractivity contribution in [3.8, 4) is 0 Å². The number of likely N-dealkylation sites (N-methyl/N-ethyl adjacent to an activating group) is 1. The first-order valence-corrected chi connectivity index (χ1v) is 7.59. The standard InChI is InChI=1S/C15H21BrN2O/c1-18(15(19)10-14(17)12-4-5-12)9-8-11-2-6-13(16)7-3-11/h2-3,6-7,12,14H,4-5,8-10,17H2,1H3/t14-/m0/s1. The van der Waals surface area contributed by atoms with E-state index in [0.717, 1.165) is 17.4 Å². The van der Waals surface area contributed by atoms with Crippen LogP contribution >= 0.6 is 15.9 Å². The van der Waals surface area contributed by atoms with Gasteiger partial charge in [0, 0.05) is 30.5 Å². The van der Waals surface area contributed by atoms with Crippen LogP contribution in [-0.2, 0) is 11.2 Å². The molecule has 104 valence electrons. The molecule has 0 aliphatic heterocycles. The smallest absolute Gasteiger partial charge is 0.223 e. The van der Waals surface area contributed by atoms with Crippen molar-refractivity contribution in [2.24, 2.45) is 11.7 Å². The van der Waals surface area contributed by atoms with Crippen LogP contribution in [0.5, 0.6) is 0 Å². The van der Waals surface area contributed by atoms with Crippen LogP contribution in [0.3, 0.4) is 0 Å². The minimum Gasteiger partial charge on any atom is -0.345 e. The van der Waals surface area contributed by atoms with E-state index in [1.807, 2.05) is 19.2 Å². The van der Waals surface area contributed by atoms with E-state index in [2.05, 4.69) is 28.1 Å². The maximum atomic E-state index is 12.0. The van der Waals surface area contributed by atoms with Gasteiger partial charge >= 0.3 is 0 Å². The van der Waals surface area contributed by atoms with Gasteiger partial charge in [0.2, 0.25) is 5.91 Å². The normalized spacial score (nSPS) is 16.2. The van der Waals surface area contributed by atoms with Crippen LogP contribution in [0.4, 0.5) is 0 Å². The molecule has 0 unspecified atom stereocenters. The molecular weight excluding hydrogens is 304 g/mol. The second-order valence-electron chi connectivity index (χ2n) is 5.40. The Bertz CT molecular complexity index is 428. The Hall–Kier alpha value is -0.870. The first kappa shape index (κ1) is 14.5. The van der Waals surface area contributed by atoms with Crippen molar-refractivity contribution in [1.82, 2.24) is 4.90 Å². The Morgan fingerprint density at radius 3 is 2.63 bits per heavy atom. The monoisotopic (exact) mass is 324 g/mol. The van der Waals surface area contributed by atoms with Gasteiger partial charge in [-0.3, -0.25) is 4.79 Å². The summed E-state index contributed by atoms with van der Waals surface area (Å²) < 4.78 is 1.08. The molecule has 19 heavy (non-hydrogen) atoms. The van der Waals surface area contributed by atoms with Crippen LogP contribution in [0.1, 0.15) is 24.8 Å². The first-order valence-electron chi connectivity index (χ1n) is 6.80. The van der Waals surface area contributed by atoms with Crippen LogP contribution in [0.2, 0.25) is 0 Å². The van der Waals surface area contributed by atoms with Crippen molar-refractivity contribution in [3.05, 3.63) is 34.3 Å². The molecule has 1 saturated carbocycles. The zero-order chi connectivity index (χ0) is 13.8. The van der Waals surface area contributed by atoms with Crippen LogP contribution in [-0.4, -0.2) is 30.4 Å². The zero-order valence-corrected chi connectivity index (χ0v) is 12.9.